The van der Waals surface area contributed by atoms with Gasteiger partial charge < -0.3 is 10.4 Å². The molecule has 1 atom stereocenters. The highest BCUT2D eigenvalue weighted by Gasteiger charge is 2.09. The third-order valence-corrected chi connectivity index (χ3v) is 3.54. The normalized spacial score (nSPS) is 12.7. The monoisotopic (exact) mass is 289 g/mol. The summed E-state index contributed by atoms with van der Waals surface area (Å²) in [5.41, 5.74) is 1.04. The van der Waals surface area contributed by atoms with E-state index in [1.807, 2.05) is 12.1 Å². The quantitative estimate of drug-likeness (QED) is 0.703. The van der Waals surface area contributed by atoms with Gasteiger partial charge in [-0.3, -0.25) is 0 Å². The molecule has 1 rings (SSSR count). The molecular formula is C14H21Cl2NO. The van der Waals surface area contributed by atoms with Crippen molar-refractivity contribution in [1.29, 1.82) is 0 Å². The van der Waals surface area contributed by atoms with Crippen molar-refractivity contribution in [1.82, 2.24) is 5.32 Å². The third-order valence-electron chi connectivity index (χ3n) is 2.96. The Bertz CT molecular complexity index is 358. The number of hydrogen-bond acceptors (Lipinski definition) is 2. The number of rotatable bonds is 8. The number of nitrogens with one attached hydrogen (secondary N) is 1. The minimum atomic E-state index is 0.203. The Morgan fingerprint density at radius 3 is 2.61 bits per heavy atom. The second-order valence-corrected chi connectivity index (χ2v) is 5.32. The zero-order chi connectivity index (χ0) is 13.4. The van der Waals surface area contributed by atoms with Crippen molar-refractivity contribution in [3.8, 4) is 0 Å². The number of aliphatic hydroxyl groups excluding tert-OH is 1. The highest BCUT2D eigenvalue weighted by Crippen LogP contribution is 2.26. The lowest BCUT2D eigenvalue weighted by Gasteiger charge is -2.16. The molecular weight excluding hydrogens is 269 g/mol. The van der Waals surface area contributed by atoms with Gasteiger partial charge >= 0.3 is 0 Å². The van der Waals surface area contributed by atoms with Crippen LogP contribution in [0.3, 0.4) is 0 Å². The largest absolute Gasteiger partial charge is 0.396 e. The predicted molar refractivity (Wildman–Crippen MR) is 78.4 cm³/mol. The number of halogens is 2. The van der Waals surface area contributed by atoms with E-state index in [0.717, 1.165) is 42.8 Å². The van der Waals surface area contributed by atoms with Crippen LogP contribution in [-0.2, 0) is 0 Å². The first-order valence-corrected chi connectivity index (χ1v) is 7.20. The Hall–Kier alpha value is -0.280. The minimum absolute atomic E-state index is 0.203. The first-order chi connectivity index (χ1) is 8.65. The van der Waals surface area contributed by atoms with E-state index in [1.54, 1.807) is 6.07 Å². The van der Waals surface area contributed by atoms with Crippen LogP contribution in [0.5, 0.6) is 0 Å². The Kier molecular flexibility index (Phi) is 7.68. The second-order valence-electron chi connectivity index (χ2n) is 4.48. The summed E-state index contributed by atoms with van der Waals surface area (Å²) in [4.78, 5) is 0. The van der Waals surface area contributed by atoms with Crippen LogP contribution < -0.4 is 5.32 Å². The Morgan fingerprint density at radius 1 is 1.17 bits per heavy atom. The van der Waals surface area contributed by atoms with Crippen LogP contribution >= 0.6 is 23.2 Å². The van der Waals surface area contributed by atoms with E-state index in [1.165, 1.54) is 0 Å². The SMILES string of the molecule is CC(NCCCCCCO)c1cc(Cl)ccc1Cl. The van der Waals surface area contributed by atoms with Gasteiger partial charge in [-0.05, 0) is 50.1 Å². The average molecular weight is 290 g/mol. The van der Waals surface area contributed by atoms with E-state index in [9.17, 15) is 0 Å². The van der Waals surface area contributed by atoms with Crippen molar-refractivity contribution in [2.75, 3.05) is 13.2 Å². The lowest BCUT2D eigenvalue weighted by Crippen LogP contribution is -2.20. The smallest absolute Gasteiger partial charge is 0.0454 e. The summed E-state index contributed by atoms with van der Waals surface area (Å²) in [7, 11) is 0. The zero-order valence-corrected chi connectivity index (χ0v) is 12.3. The van der Waals surface area contributed by atoms with Crippen LogP contribution in [0.1, 0.15) is 44.2 Å². The van der Waals surface area contributed by atoms with E-state index in [0.29, 0.717) is 11.6 Å². The Balaban J connectivity index is 2.31. The summed E-state index contributed by atoms with van der Waals surface area (Å²) < 4.78 is 0. The van der Waals surface area contributed by atoms with Crippen LogP contribution in [0.25, 0.3) is 0 Å². The number of unbranched alkanes of at least 4 members (excludes halogenated alkanes) is 3. The van der Waals surface area contributed by atoms with E-state index in [2.05, 4.69) is 12.2 Å². The van der Waals surface area contributed by atoms with E-state index in [-0.39, 0.29) is 6.04 Å². The van der Waals surface area contributed by atoms with Gasteiger partial charge in [-0.2, -0.15) is 0 Å². The van der Waals surface area contributed by atoms with Gasteiger partial charge in [0.1, 0.15) is 0 Å². The maximum absolute atomic E-state index is 8.67. The van der Waals surface area contributed by atoms with Crippen molar-refractivity contribution in [3.63, 3.8) is 0 Å². The van der Waals surface area contributed by atoms with Crippen molar-refractivity contribution in [2.24, 2.45) is 0 Å². The Labute approximate surface area is 119 Å². The van der Waals surface area contributed by atoms with Crippen molar-refractivity contribution in [2.45, 2.75) is 38.6 Å². The molecule has 0 aromatic heterocycles. The number of hydrogen-bond donors (Lipinski definition) is 2. The molecule has 1 aromatic rings. The fraction of sp³-hybridized carbons (Fsp3) is 0.571. The van der Waals surface area contributed by atoms with Crippen LogP contribution in [0.4, 0.5) is 0 Å². The standard InChI is InChI=1S/C14H21Cl2NO/c1-11(17-8-4-2-3-5-9-18)13-10-12(15)6-7-14(13)16/h6-7,10-11,17-18H,2-5,8-9H2,1H3. The number of benzene rings is 1. The molecule has 1 aromatic carbocycles. The van der Waals surface area contributed by atoms with Crippen LogP contribution in [0.15, 0.2) is 18.2 Å². The van der Waals surface area contributed by atoms with Gasteiger partial charge in [0.25, 0.3) is 0 Å². The van der Waals surface area contributed by atoms with Crippen LogP contribution in [-0.4, -0.2) is 18.3 Å². The lowest BCUT2D eigenvalue weighted by atomic mass is 10.1. The molecule has 18 heavy (non-hydrogen) atoms. The summed E-state index contributed by atoms with van der Waals surface area (Å²) in [5, 5.41) is 13.6. The molecule has 1 unspecified atom stereocenters. The van der Waals surface area contributed by atoms with Crippen LogP contribution in [0, 0.1) is 0 Å². The van der Waals surface area contributed by atoms with Gasteiger partial charge in [0, 0.05) is 22.7 Å². The molecule has 0 aliphatic rings. The maximum Gasteiger partial charge on any atom is 0.0454 e. The van der Waals surface area contributed by atoms with Gasteiger partial charge in [-0.1, -0.05) is 36.0 Å². The van der Waals surface area contributed by atoms with Gasteiger partial charge in [0.05, 0.1) is 0 Å². The van der Waals surface area contributed by atoms with Crippen molar-refractivity contribution in [3.05, 3.63) is 33.8 Å². The van der Waals surface area contributed by atoms with Gasteiger partial charge in [0.15, 0.2) is 0 Å². The fourth-order valence-corrected chi connectivity index (χ4v) is 2.33. The molecule has 0 aliphatic heterocycles. The zero-order valence-electron chi connectivity index (χ0n) is 10.8. The molecule has 0 bridgehead atoms. The third kappa shape index (κ3) is 5.57. The summed E-state index contributed by atoms with van der Waals surface area (Å²) in [6.07, 6.45) is 4.24. The second kappa shape index (κ2) is 8.76. The number of aliphatic hydroxyl groups is 1. The molecule has 0 saturated heterocycles. The first kappa shape index (κ1) is 15.8. The van der Waals surface area contributed by atoms with E-state index < -0.39 is 0 Å². The first-order valence-electron chi connectivity index (χ1n) is 6.44. The van der Waals surface area contributed by atoms with Crippen molar-refractivity contribution < 1.29 is 5.11 Å². The summed E-state index contributed by atoms with van der Waals surface area (Å²) in [6.45, 7) is 3.34. The molecule has 0 spiro atoms. The highest BCUT2D eigenvalue weighted by molar-refractivity contribution is 6.33. The van der Waals surface area contributed by atoms with Crippen molar-refractivity contribution >= 4 is 23.2 Å². The molecule has 4 heteroatoms. The predicted octanol–water partition coefficient (Wildman–Crippen LogP) is 4.20. The molecule has 0 aliphatic carbocycles. The lowest BCUT2D eigenvalue weighted by molar-refractivity contribution is 0.282. The van der Waals surface area contributed by atoms with E-state index in [4.69, 9.17) is 28.3 Å². The molecule has 0 fully saturated rings. The van der Waals surface area contributed by atoms with Gasteiger partial charge in [0.2, 0.25) is 0 Å². The molecule has 0 saturated carbocycles. The summed E-state index contributed by atoms with van der Waals surface area (Å²) >= 11 is 12.1. The molecule has 0 radical (unpaired) electrons. The Morgan fingerprint density at radius 2 is 1.89 bits per heavy atom. The average Bonchev–Trinajstić information content (AvgIpc) is 2.36. The fourth-order valence-electron chi connectivity index (χ4n) is 1.87. The van der Waals surface area contributed by atoms with Crippen LogP contribution in [0.2, 0.25) is 10.0 Å². The van der Waals surface area contributed by atoms with Gasteiger partial charge in [-0.15, -0.1) is 0 Å². The van der Waals surface area contributed by atoms with E-state index >= 15 is 0 Å². The summed E-state index contributed by atoms with van der Waals surface area (Å²) in [6, 6.07) is 5.75. The summed E-state index contributed by atoms with van der Waals surface area (Å²) in [5.74, 6) is 0. The van der Waals surface area contributed by atoms with Gasteiger partial charge in [-0.25, -0.2) is 0 Å². The molecule has 102 valence electrons. The topological polar surface area (TPSA) is 32.3 Å². The molecule has 0 amide bonds. The molecule has 0 heterocycles. The maximum atomic E-state index is 8.67. The minimum Gasteiger partial charge on any atom is -0.396 e. The molecule has 2 N–H and O–H groups in total. The highest BCUT2D eigenvalue weighted by atomic mass is 35.5. The molecule has 2 nitrogen and oxygen atoms in total.